The lowest BCUT2D eigenvalue weighted by atomic mass is 10.1. The molecule has 0 bridgehead atoms. The number of rotatable bonds is 5. The highest BCUT2D eigenvalue weighted by atomic mass is 32.2. The summed E-state index contributed by atoms with van der Waals surface area (Å²) >= 11 is 0. The quantitative estimate of drug-likeness (QED) is 0.692. The first-order valence-electron chi connectivity index (χ1n) is 9.59. The van der Waals surface area contributed by atoms with Gasteiger partial charge in [0.15, 0.2) is 0 Å². The zero-order chi connectivity index (χ0) is 22.1. The number of methoxy groups -OCH3 is 1. The SMILES string of the molecule is COc1ccccc1N(C1CCN(C)CC1)S(=O)(=O)c1ccc(C)c(C(F)(F)F)c1. The lowest BCUT2D eigenvalue weighted by Crippen LogP contribution is -2.47. The molecule has 1 heterocycles. The molecule has 3 rings (SSSR count). The molecule has 0 radical (unpaired) electrons. The van der Waals surface area contributed by atoms with Gasteiger partial charge in [0.1, 0.15) is 5.75 Å². The van der Waals surface area contributed by atoms with E-state index in [0.717, 1.165) is 6.07 Å². The van der Waals surface area contributed by atoms with Crippen LogP contribution in [0.2, 0.25) is 0 Å². The topological polar surface area (TPSA) is 49.9 Å². The van der Waals surface area contributed by atoms with Gasteiger partial charge in [0, 0.05) is 6.04 Å². The fourth-order valence-corrected chi connectivity index (χ4v) is 5.49. The zero-order valence-electron chi connectivity index (χ0n) is 17.1. The molecule has 164 valence electrons. The summed E-state index contributed by atoms with van der Waals surface area (Å²) in [6, 6.07) is 9.43. The Labute approximate surface area is 175 Å². The molecule has 2 aromatic carbocycles. The molecule has 0 N–H and O–H groups in total. The largest absolute Gasteiger partial charge is 0.495 e. The minimum absolute atomic E-state index is 0.0235. The molecule has 0 spiro atoms. The summed E-state index contributed by atoms with van der Waals surface area (Å²) in [5, 5.41) is 0. The average molecular weight is 443 g/mol. The minimum atomic E-state index is -4.64. The molecule has 0 aliphatic carbocycles. The number of halogens is 3. The Hall–Kier alpha value is -2.26. The number of sulfonamides is 1. The van der Waals surface area contributed by atoms with Crippen molar-refractivity contribution in [1.29, 1.82) is 0 Å². The van der Waals surface area contributed by atoms with Crippen LogP contribution < -0.4 is 9.04 Å². The standard InChI is InChI=1S/C21H25F3N2O3S/c1-15-8-9-17(14-18(15)21(22,23)24)30(27,28)26(16-10-12-25(2)13-11-16)19-6-4-5-7-20(19)29-3/h4-9,14,16H,10-13H2,1-3H3. The number of benzene rings is 2. The van der Waals surface area contributed by atoms with Gasteiger partial charge in [0.2, 0.25) is 0 Å². The highest BCUT2D eigenvalue weighted by molar-refractivity contribution is 7.92. The van der Waals surface area contributed by atoms with Crippen LogP contribution in [-0.4, -0.2) is 46.6 Å². The predicted molar refractivity (Wildman–Crippen MR) is 109 cm³/mol. The second kappa shape index (κ2) is 8.47. The molecule has 2 aromatic rings. The van der Waals surface area contributed by atoms with Gasteiger partial charge in [-0.15, -0.1) is 0 Å². The van der Waals surface area contributed by atoms with Gasteiger partial charge >= 0.3 is 6.18 Å². The molecule has 1 aliphatic heterocycles. The Morgan fingerprint density at radius 2 is 1.73 bits per heavy atom. The van der Waals surface area contributed by atoms with Crippen LogP contribution in [-0.2, 0) is 16.2 Å². The molecule has 1 aliphatic rings. The van der Waals surface area contributed by atoms with Gasteiger partial charge in [-0.3, -0.25) is 4.31 Å². The van der Waals surface area contributed by atoms with Crippen LogP contribution in [0.4, 0.5) is 18.9 Å². The number of nitrogens with zero attached hydrogens (tertiary/aromatic N) is 2. The third-order valence-corrected chi connectivity index (χ3v) is 7.28. The molecule has 0 saturated carbocycles. The van der Waals surface area contributed by atoms with Crippen molar-refractivity contribution < 1.29 is 26.3 Å². The molecule has 0 aromatic heterocycles. The summed E-state index contributed by atoms with van der Waals surface area (Å²) in [5.41, 5.74) is -0.653. The van der Waals surface area contributed by atoms with Crippen molar-refractivity contribution in [3.63, 3.8) is 0 Å². The molecule has 0 atom stereocenters. The van der Waals surface area contributed by atoms with Crippen LogP contribution in [0.25, 0.3) is 0 Å². The Kier molecular flexibility index (Phi) is 6.33. The minimum Gasteiger partial charge on any atom is -0.495 e. The van der Waals surface area contributed by atoms with Crippen molar-refractivity contribution in [2.45, 2.75) is 36.9 Å². The van der Waals surface area contributed by atoms with E-state index in [2.05, 4.69) is 4.90 Å². The number of alkyl halides is 3. The van der Waals surface area contributed by atoms with Gasteiger partial charge in [-0.05, 0) is 69.7 Å². The summed E-state index contributed by atoms with van der Waals surface area (Å²) in [6.45, 7) is 2.69. The Balaban J connectivity index is 2.15. The number of hydrogen-bond donors (Lipinski definition) is 0. The van der Waals surface area contributed by atoms with Crippen LogP contribution in [0.5, 0.6) is 5.75 Å². The molecule has 0 unspecified atom stereocenters. The maximum atomic E-state index is 13.7. The summed E-state index contributed by atoms with van der Waals surface area (Å²) in [7, 11) is -0.880. The summed E-state index contributed by atoms with van der Waals surface area (Å²) < 4.78 is 74.2. The van der Waals surface area contributed by atoms with Crippen molar-refractivity contribution in [3.05, 3.63) is 53.6 Å². The fraction of sp³-hybridized carbons (Fsp3) is 0.429. The van der Waals surface area contributed by atoms with Crippen LogP contribution >= 0.6 is 0 Å². The van der Waals surface area contributed by atoms with Gasteiger partial charge in [-0.2, -0.15) is 13.2 Å². The van der Waals surface area contributed by atoms with E-state index in [4.69, 9.17) is 4.74 Å². The zero-order valence-corrected chi connectivity index (χ0v) is 17.9. The maximum Gasteiger partial charge on any atom is 0.416 e. The smallest absolute Gasteiger partial charge is 0.416 e. The molecule has 0 amide bonds. The number of ether oxygens (including phenoxy) is 1. The second-order valence-electron chi connectivity index (χ2n) is 7.48. The highest BCUT2D eigenvalue weighted by Crippen LogP contribution is 2.38. The average Bonchev–Trinajstić information content (AvgIpc) is 2.69. The molecule has 5 nitrogen and oxygen atoms in total. The second-order valence-corrected chi connectivity index (χ2v) is 9.30. The number of hydrogen-bond acceptors (Lipinski definition) is 4. The molecular weight excluding hydrogens is 417 g/mol. The normalized spacial score (nSPS) is 16.5. The number of aryl methyl sites for hydroxylation is 1. The molecular formula is C21H25F3N2O3S. The molecule has 1 saturated heterocycles. The first-order valence-corrected chi connectivity index (χ1v) is 11.0. The van der Waals surface area contributed by atoms with Crippen LogP contribution in [0.3, 0.4) is 0 Å². The van der Waals surface area contributed by atoms with E-state index in [-0.39, 0.29) is 10.5 Å². The lowest BCUT2D eigenvalue weighted by molar-refractivity contribution is -0.138. The Morgan fingerprint density at radius 3 is 2.33 bits per heavy atom. The lowest BCUT2D eigenvalue weighted by Gasteiger charge is -2.38. The number of para-hydroxylation sites is 2. The molecule has 30 heavy (non-hydrogen) atoms. The number of piperidine rings is 1. The van der Waals surface area contributed by atoms with Crippen molar-refractivity contribution in [2.24, 2.45) is 0 Å². The van der Waals surface area contributed by atoms with E-state index in [1.165, 1.54) is 30.5 Å². The first-order chi connectivity index (χ1) is 14.1. The van der Waals surface area contributed by atoms with E-state index in [1.807, 2.05) is 7.05 Å². The number of anilines is 1. The fourth-order valence-electron chi connectivity index (χ4n) is 3.74. The van der Waals surface area contributed by atoms with Crippen molar-refractivity contribution in [2.75, 3.05) is 31.6 Å². The Morgan fingerprint density at radius 1 is 1.10 bits per heavy atom. The summed E-state index contributed by atoms with van der Waals surface area (Å²) in [5.74, 6) is 0.350. The number of likely N-dealkylation sites (tertiary alicyclic amines) is 1. The third-order valence-electron chi connectivity index (χ3n) is 5.41. The predicted octanol–water partition coefficient (Wildman–Crippen LogP) is 4.31. The van der Waals surface area contributed by atoms with Gasteiger partial charge < -0.3 is 9.64 Å². The first kappa shape index (κ1) is 22.4. The highest BCUT2D eigenvalue weighted by Gasteiger charge is 2.38. The van der Waals surface area contributed by atoms with Gasteiger partial charge in [0.05, 0.1) is 23.3 Å². The van der Waals surface area contributed by atoms with Crippen LogP contribution in [0.15, 0.2) is 47.4 Å². The Bertz CT molecular complexity index is 1000. The van der Waals surface area contributed by atoms with Gasteiger partial charge in [-0.1, -0.05) is 18.2 Å². The van der Waals surface area contributed by atoms with Gasteiger partial charge in [-0.25, -0.2) is 8.42 Å². The van der Waals surface area contributed by atoms with Gasteiger partial charge in [0.25, 0.3) is 10.0 Å². The van der Waals surface area contributed by atoms with Crippen molar-refractivity contribution in [3.8, 4) is 5.75 Å². The maximum absolute atomic E-state index is 13.7. The van der Waals surface area contributed by atoms with Crippen LogP contribution in [0, 0.1) is 6.92 Å². The molecule has 1 fully saturated rings. The van der Waals surface area contributed by atoms with E-state index in [0.29, 0.717) is 37.4 Å². The van der Waals surface area contributed by atoms with Crippen LogP contribution in [0.1, 0.15) is 24.0 Å². The van der Waals surface area contributed by atoms with E-state index in [1.54, 1.807) is 24.3 Å². The monoisotopic (exact) mass is 442 g/mol. The van der Waals surface area contributed by atoms with E-state index < -0.39 is 27.8 Å². The van der Waals surface area contributed by atoms with E-state index >= 15 is 0 Å². The van der Waals surface area contributed by atoms with Crippen molar-refractivity contribution >= 4 is 15.7 Å². The van der Waals surface area contributed by atoms with Crippen molar-refractivity contribution in [1.82, 2.24) is 4.90 Å². The van der Waals surface area contributed by atoms with E-state index in [9.17, 15) is 21.6 Å². The molecule has 9 heteroatoms. The summed E-state index contributed by atoms with van der Waals surface area (Å²) in [4.78, 5) is 1.71. The third kappa shape index (κ3) is 4.41. The summed E-state index contributed by atoms with van der Waals surface area (Å²) in [6.07, 6.45) is -3.52.